The third-order valence-corrected chi connectivity index (χ3v) is 8.62. The number of hydrogen-bond acceptors (Lipinski definition) is 7. The number of aryl methyl sites for hydroxylation is 1. The first-order valence-corrected chi connectivity index (χ1v) is 12.3. The number of sulfonamides is 1. The third-order valence-electron chi connectivity index (χ3n) is 5.57. The van der Waals surface area contributed by atoms with Gasteiger partial charge in [0.05, 0.1) is 23.1 Å². The van der Waals surface area contributed by atoms with Crippen LogP contribution < -0.4 is 4.72 Å². The molecule has 1 saturated carbocycles. The van der Waals surface area contributed by atoms with E-state index in [2.05, 4.69) is 14.8 Å². The van der Waals surface area contributed by atoms with Crippen LogP contribution in [0.2, 0.25) is 0 Å². The monoisotopic (exact) mass is 492 g/mol. The molecule has 1 fully saturated rings. The van der Waals surface area contributed by atoms with Gasteiger partial charge in [-0.25, -0.2) is 22.6 Å². The minimum absolute atomic E-state index is 0.167. The Hall–Kier alpha value is -1.80. The molecule has 0 amide bonds. The Morgan fingerprint density at radius 1 is 1.25 bits per heavy atom. The molecule has 8 nitrogen and oxygen atoms in total. The van der Waals surface area contributed by atoms with E-state index in [0.29, 0.717) is 26.9 Å². The Morgan fingerprint density at radius 2 is 1.91 bits per heavy atom. The molecule has 4 rings (SSSR count). The van der Waals surface area contributed by atoms with Gasteiger partial charge < -0.3 is 10.2 Å². The van der Waals surface area contributed by atoms with E-state index in [1.807, 2.05) is 0 Å². The predicted octanol–water partition coefficient (Wildman–Crippen LogP) is 2.41. The number of halogens is 3. The Labute approximate surface area is 186 Å². The summed E-state index contributed by atoms with van der Waals surface area (Å²) in [5.74, 6) is 0. The van der Waals surface area contributed by atoms with E-state index in [1.54, 1.807) is 20.8 Å². The van der Waals surface area contributed by atoms with Crippen molar-refractivity contribution in [3.05, 3.63) is 34.1 Å². The largest absolute Gasteiger partial charge is 0.414 e. The molecule has 2 heterocycles. The van der Waals surface area contributed by atoms with E-state index < -0.39 is 51.2 Å². The van der Waals surface area contributed by atoms with Crippen molar-refractivity contribution in [1.29, 1.82) is 0 Å². The molecule has 0 saturated heterocycles. The maximum absolute atomic E-state index is 13.7. The van der Waals surface area contributed by atoms with Crippen molar-refractivity contribution in [3.63, 3.8) is 0 Å². The summed E-state index contributed by atoms with van der Waals surface area (Å²) in [4.78, 5) is 4.83. The van der Waals surface area contributed by atoms with Crippen LogP contribution in [0.25, 0.3) is 10.5 Å². The van der Waals surface area contributed by atoms with Gasteiger partial charge in [-0.15, -0.1) is 0 Å². The molecule has 0 bridgehead atoms. The normalized spacial score (nSPS) is 24.9. The molecular weight excluding hydrogens is 469 g/mol. The highest BCUT2D eigenvalue weighted by molar-refractivity contribution is 7.90. The van der Waals surface area contributed by atoms with Crippen molar-refractivity contribution in [2.24, 2.45) is 0 Å². The fourth-order valence-corrected chi connectivity index (χ4v) is 6.58. The zero-order chi connectivity index (χ0) is 23.6. The molecule has 0 radical (unpaired) electrons. The second-order valence-electron chi connectivity index (χ2n) is 8.70. The molecule has 32 heavy (non-hydrogen) atoms. The summed E-state index contributed by atoms with van der Waals surface area (Å²) in [6, 6.07) is -0.588. The SMILES string of the molecule is Cc1nc2sc(C(C)(C)O)nn2c1C1=CC=C(C(F)(F)F)C(S(=O)(=O)N[C@H]2C[C@H](O)C2)C1. The lowest BCUT2D eigenvalue weighted by molar-refractivity contribution is -0.0936. The first kappa shape index (κ1) is 23.4. The van der Waals surface area contributed by atoms with Crippen molar-refractivity contribution in [1.82, 2.24) is 19.3 Å². The topological polar surface area (TPSA) is 117 Å². The summed E-state index contributed by atoms with van der Waals surface area (Å²) in [6.45, 7) is 4.78. The number of aliphatic hydroxyl groups is 2. The molecule has 3 N–H and O–H groups in total. The van der Waals surface area contributed by atoms with Crippen LogP contribution >= 0.6 is 11.3 Å². The molecule has 176 valence electrons. The van der Waals surface area contributed by atoms with E-state index in [9.17, 15) is 31.8 Å². The van der Waals surface area contributed by atoms with E-state index in [-0.39, 0.29) is 12.8 Å². The van der Waals surface area contributed by atoms with Crippen LogP contribution in [0.5, 0.6) is 0 Å². The van der Waals surface area contributed by atoms with Crippen molar-refractivity contribution in [3.8, 4) is 0 Å². The Morgan fingerprint density at radius 3 is 2.47 bits per heavy atom. The number of alkyl halides is 3. The highest BCUT2D eigenvalue weighted by atomic mass is 32.2. The Balaban J connectivity index is 1.75. The van der Waals surface area contributed by atoms with Crippen molar-refractivity contribution >= 4 is 31.9 Å². The molecule has 1 atom stereocenters. The molecule has 2 aliphatic rings. The molecule has 0 aromatic carbocycles. The summed E-state index contributed by atoms with van der Waals surface area (Å²) in [5, 5.41) is 22.5. The van der Waals surface area contributed by atoms with Crippen LogP contribution in [0, 0.1) is 6.92 Å². The lowest BCUT2D eigenvalue weighted by Crippen LogP contribution is -2.50. The summed E-state index contributed by atoms with van der Waals surface area (Å²) in [5.41, 5.74) is -1.14. The molecule has 0 aliphatic heterocycles. The fraction of sp³-hybridized carbons (Fsp3) is 0.579. The minimum Gasteiger partial charge on any atom is -0.393 e. The zero-order valence-electron chi connectivity index (χ0n) is 17.5. The van der Waals surface area contributed by atoms with Crippen LogP contribution in [-0.4, -0.2) is 56.8 Å². The molecule has 2 aromatic heterocycles. The number of imidazole rings is 1. The molecular formula is C19H23F3N4O4S2. The second kappa shape index (κ2) is 7.62. The predicted molar refractivity (Wildman–Crippen MR) is 112 cm³/mol. The lowest BCUT2D eigenvalue weighted by Gasteiger charge is -2.34. The Bertz CT molecular complexity index is 1220. The van der Waals surface area contributed by atoms with Crippen LogP contribution in [0.4, 0.5) is 13.2 Å². The maximum Gasteiger partial charge on any atom is 0.414 e. The van der Waals surface area contributed by atoms with E-state index >= 15 is 0 Å². The van der Waals surface area contributed by atoms with Gasteiger partial charge in [-0.3, -0.25) is 0 Å². The second-order valence-corrected chi connectivity index (χ2v) is 11.5. The number of aliphatic hydroxyl groups excluding tert-OH is 1. The van der Waals surface area contributed by atoms with E-state index in [4.69, 9.17) is 0 Å². The molecule has 13 heteroatoms. The van der Waals surface area contributed by atoms with Crippen LogP contribution in [0.1, 0.15) is 49.5 Å². The first-order chi connectivity index (χ1) is 14.7. The fourth-order valence-electron chi connectivity index (χ4n) is 3.87. The number of hydrogen-bond donors (Lipinski definition) is 3. The van der Waals surface area contributed by atoms with Gasteiger partial charge in [-0.05, 0) is 45.6 Å². The summed E-state index contributed by atoms with van der Waals surface area (Å²) in [6.07, 6.45) is -3.51. The standard InChI is InChI=1S/C19H23F3N4O4S2/c1-9-15(26-17(23-9)31-16(24-26)18(2,3)28)10-4-5-13(19(20,21)22)14(6-10)32(29,30)25-11-7-12(27)8-11/h4-5,11-12,14,25,27-28H,6-8H2,1-3H3/t11-,12-,14?. The molecule has 2 aliphatic carbocycles. The quantitative estimate of drug-likeness (QED) is 0.590. The number of allylic oxidation sites excluding steroid dienone is 3. The van der Waals surface area contributed by atoms with Gasteiger partial charge in [0.15, 0.2) is 0 Å². The zero-order valence-corrected chi connectivity index (χ0v) is 19.1. The van der Waals surface area contributed by atoms with Gasteiger partial charge in [0.25, 0.3) is 0 Å². The van der Waals surface area contributed by atoms with Gasteiger partial charge in [-0.1, -0.05) is 23.5 Å². The minimum atomic E-state index is -4.82. The van der Waals surface area contributed by atoms with Gasteiger partial charge in [-0.2, -0.15) is 18.3 Å². The van der Waals surface area contributed by atoms with Gasteiger partial charge in [0, 0.05) is 6.04 Å². The Kier molecular flexibility index (Phi) is 5.56. The maximum atomic E-state index is 13.7. The number of fused-ring (bicyclic) bond motifs is 1. The molecule has 1 unspecified atom stereocenters. The lowest BCUT2D eigenvalue weighted by atomic mass is 9.91. The number of rotatable bonds is 5. The van der Waals surface area contributed by atoms with Gasteiger partial charge in [0.2, 0.25) is 15.0 Å². The van der Waals surface area contributed by atoms with Crippen LogP contribution in [0.3, 0.4) is 0 Å². The third kappa shape index (κ3) is 4.23. The van der Waals surface area contributed by atoms with Gasteiger partial charge in [0.1, 0.15) is 15.9 Å². The van der Waals surface area contributed by atoms with Crippen LogP contribution in [0.15, 0.2) is 17.7 Å². The molecule has 2 aromatic rings. The van der Waals surface area contributed by atoms with Crippen molar-refractivity contribution < 1.29 is 31.8 Å². The first-order valence-electron chi connectivity index (χ1n) is 9.93. The summed E-state index contributed by atoms with van der Waals surface area (Å²) >= 11 is 1.15. The average Bonchev–Trinajstić information content (AvgIpc) is 3.15. The number of nitrogens with zero attached hydrogens (tertiary/aromatic N) is 3. The van der Waals surface area contributed by atoms with E-state index in [0.717, 1.165) is 17.4 Å². The summed E-state index contributed by atoms with van der Waals surface area (Å²) in [7, 11) is -4.39. The number of nitrogens with one attached hydrogen (secondary N) is 1. The van der Waals surface area contributed by atoms with Crippen molar-refractivity contribution in [2.45, 2.75) is 69.2 Å². The van der Waals surface area contributed by atoms with Crippen molar-refractivity contribution in [2.75, 3.05) is 0 Å². The number of aromatic nitrogens is 3. The summed E-state index contributed by atoms with van der Waals surface area (Å²) < 4.78 is 70.6. The van der Waals surface area contributed by atoms with Gasteiger partial charge >= 0.3 is 6.18 Å². The molecule has 0 spiro atoms. The van der Waals surface area contributed by atoms with Crippen LogP contribution in [-0.2, 0) is 15.6 Å². The highest BCUT2D eigenvalue weighted by Gasteiger charge is 2.47. The smallest absolute Gasteiger partial charge is 0.393 e. The van der Waals surface area contributed by atoms with E-state index in [1.165, 1.54) is 10.6 Å². The average molecular weight is 493 g/mol. The highest BCUT2D eigenvalue weighted by Crippen LogP contribution is 2.41.